The van der Waals surface area contributed by atoms with Gasteiger partial charge in [0, 0.05) is 13.5 Å². The van der Waals surface area contributed by atoms with Gasteiger partial charge in [-0.05, 0) is 42.7 Å². The van der Waals surface area contributed by atoms with Gasteiger partial charge in [0.25, 0.3) is 0 Å². The van der Waals surface area contributed by atoms with Gasteiger partial charge >= 0.3 is 0 Å². The predicted octanol–water partition coefficient (Wildman–Crippen LogP) is 3.02. The lowest BCUT2D eigenvalue weighted by molar-refractivity contribution is -0.655. The van der Waals surface area contributed by atoms with Crippen molar-refractivity contribution in [2.75, 3.05) is 33.4 Å². The van der Waals surface area contributed by atoms with Crippen molar-refractivity contribution in [2.24, 2.45) is 0 Å². The van der Waals surface area contributed by atoms with Crippen LogP contribution in [0.4, 0.5) is 0 Å². The Labute approximate surface area is 151 Å². The molecule has 25 heavy (non-hydrogen) atoms. The van der Waals surface area contributed by atoms with Crippen LogP contribution in [-0.4, -0.2) is 33.4 Å². The molecule has 2 aromatic rings. The molecule has 4 heteroatoms. The van der Waals surface area contributed by atoms with Crippen LogP contribution in [0.3, 0.4) is 0 Å². The average Bonchev–Trinajstić information content (AvgIpc) is 2.67. The fraction of sp³-hybridized carbons (Fsp3) is 0.429. The molecule has 0 bridgehead atoms. The zero-order valence-corrected chi connectivity index (χ0v) is 15.2. The summed E-state index contributed by atoms with van der Waals surface area (Å²) in [6.45, 7) is 4.49. The molecule has 0 spiro atoms. The van der Waals surface area contributed by atoms with Crippen LogP contribution in [0.15, 0.2) is 54.6 Å². The molecule has 136 valence electrons. The molecule has 4 nitrogen and oxygen atoms in total. The SMILES string of the molecule is COCCC[NH2+]CCCCOc1ccc(OCc2ccccc2)cc1. The van der Waals surface area contributed by atoms with E-state index >= 15 is 0 Å². The molecule has 2 N–H and O–H groups in total. The van der Waals surface area contributed by atoms with Crippen LogP contribution in [0, 0.1) is 0 Å². The van der Waals surface area contributed by atoms with E-state index in [2.05, 4.69) is 17.4 Å². The molecule has 2 aromatic carbocycles. The second kappa shape index (κ2) is 12.3. The summed E-state index contributed by atoms with van der Waals surface area (Å²) in [6, 6.07) is 18.0. The predicted molar refractivity (Wildman–Crippen MR) is 100 cm³/mol. The molecule has 0 fully saturated rings. The molecule has 0 atom stereocenters. The van der Waals surface area contributed by atoms with Gasteiger partial charge in [0.05, 0.1) is 26.3 Å². The number of rotatable bonds is 13. The minimum Gasteiger partial charge on any atom is -0.494 e. The maximum atomic E-state index is 5.78. The lowest BCUT2D eigenvalue weighted by Gasteiger charge is -2.09. The Kier molecular flexibility index (Phi) is 9.52. The minimum absolute atomic E-state index is 0.585. The van der Waals surface area contributed by atoms with Crippen molar-refractivity contribution in [1.29, 1.82) is 0 Å². The maximum absolute atomic E-state index is 5.78. The fourth-order valence-corrected chi connectivity index (χ4v) is 2.47. The highest BCUT2D eigenvalue weighted by Crippen LogP contribution is 2.18. The highest BCUT2D eigenvalue weighted by atomic mass is 16.5. The summed E-state index contributed by atoms with van der Waals surface area (Å²) >= 11 is 0. The Morgan fingerprint density at radius 1 is 0.720 bits per heavy atom. The van der Waals surface area contributed by atoms with Gasteiger partial charge in [-0.15, -0.1) is 0 Å². The Hall–Kier alpha value is -2.04. The van der Waals surface area contributed by atoms with Crippen molar-refractivity contribution < 1.29 is 19.5 Å². The molecule has 0 saturated carbocycles. The molecule has 0 amide bonds. The minimum atomic E-state index is 0.585. The largest absolute Gasteiger partial charge is 0.494 e. The second-order valence-electron chi connectivity index (χ2n) is 6.01. The summed E-state index contributed by atoms with van der Waals surface area (Å²) in [4.78, 5) is 0. The standard InChI is InChI=1S/C21H29NO3/c1-23-16-7-15-22-14-5-6-17-24-20-10-12-21(13-11-20)25-18-19-8-3-2-4-9-19/h2-4,8-13,22H,5-7,14-18H2,1H3/p+1. The monoisotopic (exact) mass is 344 g/mol. The molecule has 0 aliphatic rings. The highest BCUT2D eigenvalue weighted by molar-refractivity contribution is 5.31. The summed E-state index contributed by atoms with van der Waals surface area (Å²) in [5.41, 5.74) is 1.17. The van der Waals surface area contributed by atoms with E-state index < -0.39 is 0 Å². The van der Waals surface area contributed by atoms with Gasteiger partial charge in [0.15, 0.2) is 0 Å². The normalized spacial score (nSPS) is 10.6. The Balaban J connectivity index is 1.54. The number of benzene rings is 2. The maximum Gasteiger partial charge on any atom is 0.120 e. The first-order valence-electron chi connectivity index (χ1n) is 9.08. The van der Waals surface area contributed by atoms with E-state index in [1.54, 1.807) is 7.11 Å². The first-order valence-corrected chi connectivity index (χ1v) is 9.08. The van der Waals surface area contributed by atoms with E-state index in [-0.39, 0.29) is 0 Å². The number of nitrogens with two attached hydrogens (primary N) is 1. The van der Waals surface area contributed by atoms with E-state index in [1.807, 2.05) is 42.5 Å². The number of quaternary nitrogens is 1. The van der Waals surface area contributed by atoms with E-state index in [4.69, 9.17) is 14.2 Å². The molecule has 0 aromatic heterocycles. The lowest BCUT2D eigenvalue weighted by Crippen LogP contribution is -2.84. The molecule has 0 heterocycles. The number of unbranched alkanes of at least 4 members (excludes halogenated alkanes) is 1. The van der Waals surface area contributed by atoms with Gasteiger partial charge in [-0.25, -0.2) is 0 Å². The van der Waals surface area contributed by atoms with Crippen LogP contribution < -0.4 is 14.8 Å². The third kappa shape index (κ3) is 8.57. The van der Waals surface area contributed by atoms with Crippen molar-refractivity contribution in [3.05, 3.63) is 60.2 Å². The number of hydrogen-bond acceptors (Lipinski definition) is 3. The van der Waals surface area contributed by atoms with Crippen molar-refractivity contribution in [2.45, 2.75) is 25.9 Å². The molecular formula is C21H30NO3+. The van der Waals surface area contributed by atoms with Crippen LogP contribution in [0.2, 0.25) is 0 Å². The molecular weight excluding hydrogens is 314 g/mol. The van der Waals surface area contributed by atoms with E-state index in [1.165, 1.54) is 12.0 Å². The van der Waals surface area contributed by atoms with Gasteiger partial charge in [0.1, 0.15) is 18.1 Å². The third-order valence-corrected chi connectivity index (χ3v) is 3.90. The molecule has 2 rings (SSSR count). The van der Waals surface area contributed by atoms with Crippen molar-refractivity contribution in [3.8, 4) is 11.5 Å². The van der Waals surface area contributed by atoms with Gasteiger partial charge in [-0.2, -0.15) is 0 Å². The topological polar surface area (TPSA) is 44.3 Å². The Morgan fingerprint density at radius 3 is 2.12 bits per heavy atom. The lowest BCUT2D eigenvalue weighted by atomic mass is 10.2. The van der Waals surface area contributed by atoms with E-state index in [0.717, 1.165) is 50.6 Å². The van der Waals surface area contributed by atoms with Crippen LogP contribution >= 0.6 is 0 Å². The fourth-order valence-electron chi connectivity index (χ4n) is 2.47. The molecule has 0 saturated heterocycles. The first kappa shape index (κ1) is 19.3. The second-order valence-corrected chi connectivity index (χ2v) is 6.01. The van der Waals surface area contributed by atoms with E-state index in [9.17, 15) is 0 Å². The van der Waals surface area contributed by atoms with Crippen molar-refractivity contribution in [1.82, 2.24) is 0 Å². The summed E-state index contributed by atoms with van der Waals surface area (Å²) in [7, 11) is 1.75. The summed E-state index contributed by atoms with van der Waals surface area (Å²) in [5, 5.41) is 2.35. The molecule has 0 radical (unpaired) electrons. The van der Waals surface area contributed by atoms with E-state index in [0.29, 0.717) is 6.61 Å². The van der Waals surface area contributed by atoms with Crippen LogP contribution in [0.5, 0.6) is 11.5 Å². The zero-order chi connectivity index (χ0) is 17.6. The summed E-state index contributed by atoms with van der Waals surface area (Å²) in [5.74, 6) is 1.76. The third-order valence-electron chi connectivity index (χ3n) is 3.90. The van der Waals surface area contributed by atoms with Gasteiger partial charge < -0.3 is 19.5 Å². The van der Waals surface area contributed by atoms with Crippen LogP contribution in [0.1, 0.15) is 24.8 Å². The Bertz CT molecular complexity index is 557. The number of hydrogen-bond donors (Lipinski definition) is 1. The smallest absolute Gasteiger partial charge is 0.120 e. The van der Waals surface area contributed by atoms with Gasteiger partial charge in [0.2, 0.25) is 0 Å². The zero-order valence-electron chi connectivity index (χ0n) is 15.2. The molecule has 0 aliphatic heterocycles. The molecule has 0 aliphatic carbocycles. The van der Waals surface area contributed by atoms with Crippen LogP contribution in [-0.2, 0) is 11.3 Å². The highest BCUT2D eigenvalue weighted by Gasteiger charge is 1.99. The van der Waals surface area contributed by atoms with Crippen molar-refractivity contribution >= 4 is 0 Å². The molecule has 0 unspecified atom stereocenters. The van der Waals surface area contributed by atoms with Gasteiger partial charge in [-0.1, -0.05) is 30.3 Å². The average molecular weight is 344 g/mol. The number of methoxy groups -OCH3 is 1. The van der Waals surface area contributed by atoms with Gasteiger partial charge in [-0.3, -0.25) is 0 Å². The summed E-state index contributed by atoms with van der Waals surface area (Å²) in [6.07, 6.45) is 3.37. The summed E-state index contributed by atoms with van der Waals surface area (Å²) < 4.78 is 16.6. The number of ether oxygens (including phenoxy) is 3. The first-order chi connectivity index (χ1) is 12.4. The van der Waals surface area contributed by atoms with Crippen LogP contribution in [0.25, 0.3) is 0 Å². The Morgan fingerprint density at radius 2 is 1.40 bits per heavy atom. The quantitative estimate of drug-likeness (QED) is 0.568. The van der Waals surface area contributed by atoms with Crippen molar-refractivity contribution in [3.63, 3.8) is 0 Å².